The van der Waals surface area contributed by atoms with Gasteiger partial charge in [-0.15, -0.1) is 24.8 Å². The number of carbonyl (C=O) groups excluding carboxylic acids is 1. The van der Waals surface area contributed by atoms with Gasteiger partial charge < -0.3 is 0 Å². The van der Waals surface area contributed by atoms with Crippen molar-refractivity contribution in [2.75, 3.05) is 0 Å². The Labute approximate surface area is 140 Å². The van der Waals surface area contributed by atoms with E-state index in [-0.39, 0.29) is 24.8 Å². The molecule has 0 aromatic carbocycles. The molecule has 1 amide bonds. The molecule has 1 rings (SSSR count). The topological polar surface area (TPSA) is 29.1 Å². The maximum atomic E-state index is 11.7. The van der Waals surface area contributed by atoms with Crippen LogP contribution in [0.25, 0.3) is 0 Å². The van der Waals surface area contributed by atoms with E-state index in [1.807, 2.05) is 0 Å². The van der Waals surface area contributed by atoms with Crippen molar-refractivity contribution in [3.05, 3.63) is 0 Å². The van der Waals surface area contributed by atoms with E-state index < -0.39 is 0 Å². The van der Waals surface area contributed by atoms with Crippen molar-refractivity contribution >= 4 is 30.7 Å². The summed E-state index contributed by atoms with van der Waals surface area (Å²) in [5, 5.41) is 0. The predicted molar refractivity (Wildman–Crippen MR) is 76.9 cm³/mol. The van der Waals surface area contributed by atoms with Crippen LogP contribution in [-0.4, -0.2) is 5.91 Å². The zero-order valence-electron chi connectivity index (χ0n) is 11.1. The van der Waals surface area contributed by atoms with Crippen LogP contribution < -0.4 is 3.26 Å². The Morgan fingerprint density at radius 3 is 1.44 bits per heavy atom. The molecule has 0 aromatic rings. The van der Waals surface area contributed by atoms with Gasteiger partial charge in [-0.2, -0.15) is 0 Å². The molecule has 1 fully saturated rings. The molecule has 0 aromatic heterocycles. The number of hydrogen-bond acceptors (Lipinski definition) is 1. The van der Waals surface area contributed by atoms with Crippen LogP contribution in [0.15, 0.2) is 0 Å². The molecule has 2 nitrogen and oxygen atoms in total. The Morgan fingerprint density at radius 2 is 1.11 bits per heavy atom. The van der Waals surface area contributed by atoms with Crippen LogP contribution in [0.5, 0.6) is 0 Å². The van der Waals surface area contributed by atoms with Crippen molar-refractivity contribution in [3.8, 4) is 0 Å². The summed E-state index contributed by atoms with van der Waals surface area (Å²) in [6.07, 6.45) is 14.3. The first kappa shape index (κ1) is 21.2. The van der Waals surface area contributed by atoms with Crippen LogP contribution >= 0.6 is 24.8 Å². The molecule has 0 spiro atoms. The van der Waals surface area contributed by atoms with Gasteiger partial charge in [0.25, 0.3) is 0 Å². The minimum absolute atomic E-state index is 0. The van der Waals surface area contributed by atoms with Crippen molar-refractivity contribution < 1.29 is 29.8 Å². The van der Waals surface area contributed by atoms with Gasteiger partial charge >= 0.3 is 116 Å². The normalized spacial score (nSPS) is 19.3. The zero-order chi connectivity index (χ0) is 11.6. The Balaban J connectivity index is 0. The van der Waals surface area contributed by atoms with Gasteiger partial charge in [0.15, 0.2) is 0 Å². The SMILES string of the molecule is Cl.Cl.O=C([NH][Zr])C1CCCCCCCCCCC1. The minimum atomic E-state index is 0. The third-order valence-electron chi connectivity index (χ3n) is 3.60. The van der Waals surface area contributed by atoms with Crippen LogP contribution in [0.2, 0.25) is 0 Å². The van der Waals surface area contributed by atoms with Crippen molar-refractivity contribution in [1.82, 2.24) is 3.26 Å². The molecule has 0 bridgehead atoms. The van der Waals surface area contributed by atoms with Gasteiger partial charge in [0, 0.05) is 0 Å². The van der Waals surface area contributed by atoms with Gasteiger partial charge in [-0.05, 0) is 0 Å². The molecule has 1 aliphatic carbocycles. The quantitative estimate of drug-likeness (QED) is 0.727. The van der Waals surface area contributed by atoms with E-state index in [1.54, 1.807) is 0 Å². The molecule has 0 unspecified atom stereocenters. The van der Waals surface area contributed by atoms with E-state index in [4.69, 9.17) is 0 Å². The average Bonchev–Trinajstić information content (AvgIpc) is 2.29. The predicted octanol–water partition coefficient (Wildman–Crippen LogP) is 4.33. The average molecular weight is 374 g/mol. The van der Waals surface area contributed by atoms with Gasteiger partial charge in [0.05, 0.1) is 0 Å². The first-order valence-electron chi connectivity index (χ1n) is 6.81. The second kappa shape index (κ2) is 14.3. The fourth-order valence-corrected chi connectivity index (χ4v) is 3.03. The van der Waals surface area contributed by atoms with Gasteiger partial charge in [0.2, 0.25) is 0 Å². The number of amides is 1. The first-order chi connectivity index (χ1) is 7.84. The summed E-state index contributed by atoms with van der Waals surface area (Å²) >= 11 is 1.14. The fraction of sp³-hybridized carbons (Fsp3) is 0.923. The van der Waals surface area contributed by atoms with Crippen molar-refractivity contribution in [2.24, 2.45) is 5.92 Å². The summed E-state index contributed by atoms with van der Waals surface area (Å²) in [5.74, 6) is 0.606. The molecule has 18 heavy (non-hydrogen) atoms. The number of rotatable bonds is 1. The van der Waals surface area contributed by atoms with Crippen LogP contribution in [-0.2, 0) is 29.8 Å². The van der Waals surface area contributed by atoms with Gasteiger partial charge in [0.1, 0.15) is 0 Å². The van der Waals surface area contributed by atoms with Crippen LogP contribution in [0.3, 0.4) is 0 Å². The molecular formula is C13H26Cl2NOZr. The van der Waals surface area contributed by atoms with Crippen LogP contribution in [0.1, 0.15) is 70.6 Å². The van der Waals surface area contributed by atoms with Crippen molar-refractivity contribution in [2.45, 2.75) is 70.6 Å². The van der Waals surface area contributed by atoms with E-state index in [0.29, 0.717) is 11.8 Å². The molecule has 1 aliphatic rings. The summed E-state index contributed by atoms with van der Waals surface area (Å²) in [5.41, 5.74) is 0. The summed E-state index contributed by atoms with van der Waals surface area (Å²) in [6.45, 7) is 0. The Hall–Kier alpha value is 0.933. The van der Waals surface area contributed by atoms with E-state index in [2.05, 4.69) is 3.26 Å². The van der Waals surface area contributed by atoms with Crippen molar-refractivity contribution in [1.29, 1.82) is 0 Å². The molecule has 5 heteroatoms. The molecule has 0 heterocycles. The Kier molecular flexibility index (Phi) is 16.9. The third-order valence-corrected chi connectivity index (χ3v) is 4.20. The zero-order valence-corrected chi connectivity index (χ0v) is 15.2. The second-order valence-corrected chi connectivity index (χ2v) is 5.56. The molecule has 107 valence electrons. The van der Waals surface area contributed by atoms with E-state index in [1.165, 1.54) is 57.8 Å². The van der Waals surface area contributed by atoms with E-state index >= 15 is 0 Å². The molecule has 1 N–H and O–H groups in total. The summed E-state index contributed by atoms with van der Waals surface area (Å²) in [6, 6.07) is 0. The Bertz CT molecular complexity index is 193. The van der Waals surface area contributed by atoms with E-state index in [9.17, 15) is 4.79 Å². The van der Waals surface area contributed by atoms with Gasteiger partial charge in [-0.25, -0.2) is 0 Å². The van der Waals surface area contributed by atoms with Crippen molar-refractivity contribution in [3.63, 3.8) is 0 Å². The standard InChI is InChI=1S/C13H25NO.2ClH.Zr/c14-13(15)12-10-8-6-4-2-1-3-5-7-9-11-12;;;/h12H,1-11H2,(H2,14,15);2*1H;/q;;;+1/p-1. The molecular weight excluding hydrogens is 348 g/mol. The molecule has 1 saturated carbocycles. The monoisotopic (exact) mass is 372 g/mol. The molecule has 0 radical (unpaired) electrons. The van der Waals surface area contributed by atoms with Crippen LogP contribution in [0.4, 0.5) is 0 Å². The van der Waals surface area contributed by atoms with Gasteiger partial charge in [-0.3, -0.25) is 0 Å². The van der Waals surface area contributed by atoms with Crippen LogP contribution in [0, 0.1) is 5.92 Å². The first-order valence-corrected chi connectivity index (χ1v) is 8.04. The number of hydrogen-bond donors (Lipinski definition) is 1. The molecule has 0 aliphatic heterocycles. The van der Waals surface area contributed by atoms with E-state index in [0.717, 1.165) is 37.9 Å². The second-order valence-electron chi connectivity index (χ2n) is 4.95. The Morgan fingerprint density at radius 1 is 0.778 bits per heavy atom. The molecule has 0 saturated heterocycles. The summed E-state index contributed by atoms with van der Waals surface area (Å²) in [4.78, 5) is 11.7. The van der Waals surface area contributed by atoms with Gasteiger partial charge in [-0.1, -0.05) is 0 Å². The number of nitrogens with one attached hydrogen (secondary N) is 1. The number of carbonyl (C=O) groups is 1. The fourth-order valence-electron chi connectivity index (χ4n) is 2.53. The molecule has 0 atom stereocenters. The number of halogens is 2. The summed E-state index contributed by atoms with van der Waals surface area (Å²) in [7, 11) is 0. The summed E-state index contributed by atoms with van der Waals surface area (Å²) < 4.78 is 2.90. The maximum absolute atomic E-state index is 11.7. The third kappa shape index (κ3) is 9.81.